The number of ether oxygens (including phenoxy) is 1. The van der Waals surface area contributed by atoms with Gasteiger partial charge in [-0.1, -0.05) is 0 Å². The second-order valence-corrected chi connectivity index (χ2v) is 6.72. The Bertz CT molecular complexity index is 644. The summed E-state index contributed by atoms with van der Waals surface area (Å²) < 4.78 is 5.82. The zero-order chi connectivity index (χ0) is 14.3. The smallest absolute Gasteiger partial charge is 0.164 e. The molecule has 4 nitrogen and oxygen atoms in total. The van der Waals surface area contributed by atoms with Crippen LogP contribution in [0.4, 0.5) is 5.82 Å². The molecule has 1 N–H and O–H groups in total. The monoisotopic (exact) mass is 291 g/mol. The Labute approximate surface area is 123 Å². The van der Waals surface area contributed by atoms with Gasteiger partial charge < -0.3 is 10.1 Å². The molecule has 0 aliphatic heterocycles. The number of anilines is 1. The average Bonchev–Trinajstić information content (AvgIpc) is 3.05. The largest absolute Gasteiger partial charge is 0.372 e. The first-order valence-electron chi connectivity index (χ1n) is 7.12. The molecule has 2 aromatic rings. The van der Waals surface area contributed by atoms with Crippen molar-refractivity contribution in [3.63, 3.8) is 0 Å². The minimum Gasteiger partial charge on any atom is -0.372 e. The van der Waals surface area contributed by atoms with Crippen molar-refractivity contribution < 1.29 is 4.74 Å². The van der Waals surface area contributed by atoms with E-state index in [1.54, 1.807) is 18.4 Å². The maximum Gasteiger partial charge on any atom is 0.164 e. The highest BCUT2D eigenvalue weighted by atomic mass is 32.1. The lowest BCUT2D eigenvalue weighted by Crippen LogP contribution is -2.27. The number of nitrogens with one attached hydrogen (secondary N) is 1. The average molecular weight is 291 g/mol. The molecule has 0 aromatic carbocycles. The lowest BCUT2D eigenvalue weighted by molar-refractivity contribution is -0.0158. The molecule has 1 aliphatic carbocycles. The summed E-state index contributed by atoms with van der Waals surface area (Å²) >= 11 is 1.74. The van der Waals surface area contributed by atoms with Gasteiger partial charge in [-0.15, -0.1) is 11.3 Å². The van der Waals surface area contributed by atoms with Crippen molar-refractivity contribution in [3.8, 4) is 0 Å². The molecule has 5 heteroatoms. The quantitative estimate of drug-likeness (QED) is 0.935. The van der Waals surface area contributed by atoms with Crippen LogP contribution in [0.1, 0.15) is 41.9 Å². The Morgan fingerprint density at radius 3 is 2.50 bits per heavy atom. The molecule has 0 spiro atoms. The number of thiophene rings is 1. The van der Waals surface area contributed by atoms with Gasteiger partial charge >= 0.3 is 0 Å². The van der Waals surface area contributed by atoms with Crippen LogP contribution in [0.15, 0.2) is 0 Å². The number of aryl methyl sites for hydroxylation is 2. The summed E-state index contributed by atoms with van der Waals surface area (Å²) in [7, 11) is 3.70. The van der Waals surface area contributed by atoms with Crippen LogP contribution in [0.5, 0.6) is 0 Å². The predicted molar refractivity (Wildman–Crippen MR) is 83.6 cm³/mol. The van der Waals surface area contributed by atoms with Crippen LogP contribution in [-0.4, -0.2) is 24.1 Å². The Balaban J connectivity index is 2.23. The van der Waals surface area contributed by atoms with Crippen LogP contribution in [0, 0.1) is 13.8 Å². The molecule has 1 aliphatic rings. The predicted octanol–water partition coefficient (Wildman–Crippen LogP) is 3.77. The fourth-order valence-corrected chi connectivity index (χ4v) is 4.13. The maximum absolute atomic E-state index is 5.82. The number of nitrogens with zero attached hydrogens (tertiary/aromatic N) is 2. The molecule has 1 fully saturated rings. The Morgan fingerprint density at radius 1 is 1.20 bits per heavy atom. The molecule has 0 atom stereocenters. The SMILES string of the molecule is CNc1nc(C2(OC)CCCC2)nc2sc(C)c(C)c12. The third-order valence-corrected chi connectivity index (χ3v) is 5.58. The molecule has 2 aromatic heterocycles. The van der Waals surface area contributed by atoms with Gasteiger partial charge in [-0.3, -0.25) is 0 Å². The third-order valence-electron chi connectivity index (χ3n) is 4.47. The number of aromatic nitrogens is 2. The third kappa shape index (κ3) is 1.91. The van der Waals surface area contributed by atoms with Gasteiger partial charge in [0.15, 0.2) is 5.82 Å². The van der Waals surface area contributed by atoms with Crippen molar-refractivity contribution in [3.05, 3.63) is 16.3 Å². The summed E-state index contributed by atoms with van der Waals surface area (Å²) in [5, 5.41) is 4.38. The van der Waals surface area contributed by atoms with Crippen molar-refractivity contribution >= 4 is 27.4 Å². The highest BCUT2D eigenvalue weighted by molar-refractivity contribution is 7.18. The molecule has 2 heterocycles. The van der Waals surface area contributed by atoms with Crippen molar-refractivity contribution in [2.75, 3.05) is 19.5 Å². The van der Waals surface area contributed by atoms with Gasteiger partial charge in [-0.05, 0) is 45.1 Å². The summed E-state index contributed by atoms with van der Waals surface area (Å²) in [5.74, 6) is 1.77. The number of hydrogen-bond donors (Lipinski definition) is 1. The van der Waals surface area contributed by atoms with Crippen molar-refractivity contribution in [2.24, 2.45) is 0 Å². The highest BCUT2D eigenvalue weighted by Crippen LogP contribution is 2.42. The van der Waals surface area contributed by atoms with Gasteiger partial charge in [0.1, 0.15) is 16.2 Å². The summed E-state index contributed by atoms with van der Waals surface area (Å²) in [5.41, 5.74) is 0.991. The van der Waals surface area contributed by atoms with Crippen LogP contribution >= 0.6 is 11.3 Å². The van der Waals surface area contributed by atoms with Crippen LogP contribution in [0.3, 0.4) is 0 Å². The molecular formula is C15H21N3OS. The Hall–Kier alpha value is -1.20. The zero-order valence-corrected chi connectivity index (χ0v) is 13.4. The maximum atomic E-state index is 5.82. The number of hydrogen-bond acceptors (Lipinski definition) is 5. The van der Waals surface area contributed by atoms with E-state index in [0.29, 0.717) is 0 Å². The first-order chi connectivity index (χ1) is 9.61. The van der Waals surface area contributed by atoms with Crippen LogP contribution in [0.25, 0.3) is 10.2 Å². The first-order valence-corrected chi connectivity index (χ1v) is 7.94. The molecule has 0 radical (unpaired) electrons. The fraction of sp³-hybridized carbons (Fsp3) is 0.600. The molecule has 3 rings (SSSR count). The summed E-state index contributed by atoms with van der Waals surface area (Å²) in [6, 6.07) is 0. The number of fused-ring (bicyclic) bond motifs is 1. The molecule has 0 bridgehead atoms. The molecule has 0 saturated heterocycles. The topological polar surface area (TPSA) is 47.0 Å². The van der Waals surface area contributed by atoms with Crippen LogP contribution in [-0.2, 0) is 10.3 Å². The van der Waals surface area contributed by atoms with Crippen molar-refractivity contribution in [1.29, 1.82) is 0 Å². The van der Waals surface area contributed by atoms with Crippen molar-refractivity contribution in [2.45, 2.75) is 45.1 Å². The van der Waals surface area contributed by atoms with Gasteiger partial charge in [0.05, 0.1) is 5.39 Å². The van der Waals surface area contributed by atoms with E-state index in [0.717, 1.165) is 34.7 Å². The van der Waals surface area contributed by atoms with Gasteiger partial charge in [0.25, 0.3) is 0 Å². The Morgan fingerprint density at radius 2 is 1.90 bits per heavy atom. The molecule has 1 saturated carbocycles. The second-order valence-electron chi connectivity index (χ2n) is 5.51. The van der Waals surface area contributed by atoms with E-state index in [1.165, 1.54) is 23.3 Å². The van der Waals surface area contributed by atoms with E-state index in [2.05, 4.69) is 19.2 Å². The zero-order valence-electron chi connectivity index (χ0n) is 12.5. The van der Waals surface area contributed by atoms with Crippen LogP contribution < -0.4 is 5.32 Å². The molecule has 108 valence electrons. The minimum absolute atomic E-state index is 0.286. The first kappa shape index (κ1) is 13.8. The fourth-order valence-electron chi connectivity index (χ4n) is 3.10. The van der Waals surface area contributed by atoms with E-state index < -0.39 is 0 Å². The highest BCUT2D eigenvalue weighted by Gasteiger charge is 2.39. The van der Waals surface area contributed by atoms with Gasteiger partial charge in [0, 0.05) is 19.0 Å². The standard InChI is InChI=1S/C15H21N3OS/c1-9-10(2)20-13-11(9)12(16-3)17-14(18-13)15(19-4)7-5-6-8-15/h5-8H2,1-4H3,(H,16,17,18). The molecule has 20 heavy (non-hydrogen) atoms. The number of rotatable bonds is 3. The lowest BCUT2D eigenvalue weighted by atomic mass is 10.0. The molecule has 0 unspecified atom stereocenters. The van der Waals surface area contributed by atoms with Gasteiger partial charge in [-0.2, -0.15) is 0 Å². The van der Waals surface area contributed by atoms with E-state index >= 15 is 0 Å². The van der Waals surface area contributed by atoms with Crippen LogP contribution in [0.2, 0.25) is 0 Å². The summed E-state index contributed by atoms with van der Waals surface area (Å²) in [4.78, 5) is 12.0. The van der Waals surface area contributed by atoms with E-state index in [-0.39, 0.29) is 5.60 Å². The Kier molecular flexibility index (Phi) is 3.42. The summed E-state index contributed by atoms with van der Waals surface area (Å²) in [6.07, 6.45) is 4.41. The summed E-state index contributed by atoms with van der Waals surface area (Å²) in [6.45, 7) is 4.28. The molecule has 0 amide bonds. The van der Waals surface area contributed by atoms with E-state index in [4.69, 9.17) is 14.7 Å². The second kappa shape index (κ2) is 4.97. The van der Waals surface area contributed by atoms with E-state index in [1.807, 2.05) is 7.05 Å². The minimum atomic E-state index is -0.286. The molecular weight excluding hydrogens is 270 g/mol. The van der Waals surface area contributed by atoms with E-state index in [9.17, 15) is 0 Å². The van der Waals surface area contributed by atoms with Crippen molar-refractivity contribution in [1.82, 2.24) is 9.97 Å². The lowest BCUT2D eigenvalue weighted by Gasteiger charge is -2.26. The van der Waals surface area contributed by atoms with Gasteiger partial charge in [-0.25, -0.2) is 9.97 Å². The van der Waals surface area contributed by atoms with Gasteiger partial charge in [0.2, 0.25) is 0 Å². The normalized spacial score (nSPS) is 17.8. The number of methoxy groups -OCH3 is 1.